The molecule has 2 aliphatic heterocycles. The van der Waals surface area contributed by atoms with Crippen molar-refractivity contribution in [2.75, 3.05) is 14.1 Å². The Bertz CT molecular complexity index is 697. The monoisotopic (exact) mass is 301 g/mol. The predicted octanol–water partition coefficient (Wildman–Crippen LogP) is -0.677. The Morgan fingerprint density at radius 2 is 1.91 bits per heavy atom. The van der Waals surface area contributed by atoms with Crippen LogP contribution in [0.3, 0.4) is 0 Å². The lowest BCUT2D eigenvalue weighted by Crippen LogP contribution is -2.61. The molecule has 0 radical (unpaired) electrons. The summed E-state index contributed by atoms with van der Waals surface area (Å²) < 4.78 is 1.76. The first-order valence-electron chi connectivity index (χ1n) is 6.82. The van der Waals surface area contributed by atoms with Crippen molar-refractivity contribution in [3.05, 3.63) is 35.9 Å². The van der Waals surface area contributed by atoms with Crippen LogP contribution in [0.4, 0.5) is 4.79 Å². The van der Waals surface area contributed by atoms with Crippen LogP contribution in [0.25, 0.3) is 0 Å². The van der Waals surface area contributed by atoms with Gasteiger partial charge in [-0.15, -0.1) is 0 Å². The smallest absolute Gasteiger partial charge is 0.270 e. The van der Waals surface area contributed by atoms with Crippen LogP contribution in [0.1, 0.15) is 5.56 Å². The summed E-state index contributed by atoms with van der Waals surface area (Å²) in [5.74, 6) is 5.97. The first-order valence-corrected chi connectivity index (χ1v) is 6.82. The van der Waals surface area contributed by atoms with Crippen LogP contribution >= 0.6 is 0 Å². The van der Waals surface area contributed by atoms with E-state index in [0.717, 1.165) is 10.5 Å². The number of nitrogens with two attached hydrogens (primary N) is 1. The lowest BCUT2D eigenvalue weighted by Gasteiger charge is -2.31. The van der Waals surface area contributed by atoms with Gasteiger partial charge in [0.15, 0.2) is 0 Å². The zero-order chi connectivity index (χ0) is 15.9. The molecule has 1 saturated heterocycles. The number of amides is 3. The normalized spacial score (nSPS) is 21.2. The average molecular weight is 301 g/mol. The molecule has 2 aliphatic rings. The van der Waals surface area contributed by atoms with E-state index >= 15 is 0 Å². The molecule has 2 heterocycles. The summed E-state index contributed by atoms with van der Waals surface area (Å²) in [6, 6.07) is 8.63. The van der Waals surface area contributed by atoms with Crippen molar-refractivity contribution < 1.29 is 14.2 Å². The maximum Gasteiger partial charge on any atom is 0.407 e. The number of nitrogens with one attached hydrogen (secondary N) is 1. The van der Waals surface area contributed by atoms with E-state index in [4.69, 9.17) is 5.84 Å². The SMILES string of the molecule is CN1C(=O)C2C(=NC(NN)=[N+]2Cc2ccccc2)N(C)C1=O. The maximum absolute atomic E-state index is 12.5. The summed E-state index contributed by atoms with van der Waals surface area (Å²) in [5, 5.41) is 0. The van der Waals surface area contributed by atoms with Gasteiger partial charge in [0.2, 0.25) is 11.9 Å². The number of imide groups is 1. The molecule has 3 N–H and O–H groups in total. The molecule has 0 aromatic heterocycles. The van der Waals surface area contributed by atoms with E-state index in [0.29, 0.717) is 18.3 Å². The van der Waals surface area contributed by atoms with Gasteiger partial charge < -0.3 is 0 Å². The topological polar surface area (TPSA) is 94.0 Å². The van der Waals surface area contributed by atoms with Gasteiger partial charge in [-0.05, 0) is 5.56 Å². The fourth-order valence-electron chi connectivity index (χ4n) is 2.66. The number of benzene rings is 1. The van der Waals surface area contributed by atoms with Gasteiger partial charge in [0.05, 0.1) is 6.54 Å². The zero-order valence-electron chi connectivity index (χ0n) is 12.4. The van der Waals surface area contributed by atoms with E-state index in [2.05, 4.69) is 10.4 Å². The Labute approximate surface area is 127 Å². The molecule has 1 atom stereocenters. The summed E-state index contributed by atoms with van der Waals surface area (Å²) in [6.07, 6.45) is 0. The van der Waals surface area contributed by atoms with E-state index in [1.807, 2.05) is 30.3 Å². The summed E-state index contributed by atoms with van der Waals surface area (Å²) in [7, 11) is 3.06. The van der Waals surface area contributed by atoms with E-state index in [1.165, 1.54) is 11.9 Å². The fourth-order valence-corrected chi connectivity index (χ4v) is 2.66. The van der Waals surface area contributed by atoms with Crippen molar-refractivity contribution in [2.24, 2.45) is 10.8 Å². The van der Waals surface area contributed by atoms with Crippen molar-refractivity contribution in [1.29, 1.82) is 0 Å². The summed E-state index contributed by atoms with van der Waals surface area (Å²) in [6.45, 7) is 0.458. The number of carbonyl (C=O) groups excluding carboxylic acids is 2. The van der Waals surface area contributed by atoms with Crippen LogP contribution in [-0.4, -0.2) is 58.2 Å². The van der Waals surface area contributed by atoms with Crippen LogP contribution in [0.2, 0.25) is 0 Å². The first-order chi connectivity index (χ1) is 10.5. The zero-order valence-corrected chi connectivity index (χ0v) is 12.4. The number of hydrogen-bond acceptors (Lipinski definition) is 5. The number of guanidine groups is 1. The van der Waals surface area contributed by atoms with Gasteiger partial charge in [-0.2, -0.15) is 5.84 Å². The largest absolute Gasteiger partial charge is 0.407 e. The highest BCUT2D eigenvalue weighted by Crippen LogP contribution is 2.19. The minimum absolute atomic E-state index is 0.317. The summed E-state index contributed by atoms with van der Waals surface area (Å²) >= 11 is 0. The molecule has 0 saturated carbocycles. The third kappa shape index (κ3) is 2.04. The summed E-state index contributed by atoms with van der Waals surface area (Å²) in [5.41, 5.74) is 3.52. The minimum Gasteiger partial charge on any atom is -0.270 e. The molecule has 1 aromatic carbocycles. The number of likely N-dealkylation sites (N-methyl/N-ethyl adjacent to an activating group) is 2. The Hall–Kier alpha value is -2.74. The molecule has 3 rings (SSSR count). The molecule has 8 nitrogen and oxygen atoms in total. The first kappa shape index (κ1) is 14.2. The quantitative estimate of drug-likeness (QED) is 0.430. The minimum atomic E-state index is -0.654. The van der Waals surface area contributed by atoms with Gasteiger partial charge in [0, 0.05) is 14.1 Å². The lowest BCUT2D eigenvalue weighted by molar-refractivity contribution is -0.553. The highest BCUT2D eigenvalue weighted by atomic mass is 16.2. The fraction of sp³-hybridized carbons (Fsp3) is 0.286. The van der Waals surface area contributed by atoms with Crippen LogP contribution in [-0.2, 0) is 11.3 Å². The van der Waals surface area contributed by atoms with Gasteiger partial charge >= 0.3 is 12.0 Å². The standard InChI is InChI=1S/C14H16N6O2/c1-18-11-10(12(21)19(2)14(18)22)20(13(16-11)17-15)8-9-6-4-3-5-7-9/h3-7,10H,8,15H2,1-2H3/p+1. The van der Waals surface area contributed by atoms with Crippen LogP contribution in [0, 0.1) is 0 Å². The van der Waals surface area contributed by atoms with Gasteiger partial charge in [0.25, 0.3) is 5.91 Å². The molecule has 1 aromatic rings. The molecule has 0 spiro atoms. The summed E-state index contributed by atoms with van der Waals surface area (Å²) in [4.78, 5) is 31.3. The van der Waals surface area contributed by atoms with E-state index in [9.17, 15) is 9.59 Å². The van der Waals surface area contributed by atoms with Gasteiger partial charge in [-0.25, -0.2) is 14.8 Å². The lowest BCUT2D eigenvalue weighted by atomic mass is 10.1. The van der Waals surface area contributed by atoms with Gasteiger partial charge in [-0.3, -0.25) is 14.6 Å². The third-order valence-corrected chi connectivity index (χ3v) is 3.86. The second kappa shape index (κ2) is 5.23. The van der Waals surface area contributed by atoms with Gasteiger partial charge in [0.1, 0.15) is 0 Å². The average Bonchev–Trinajstić information content (AvgIpc) is 2.90. The molecule has 22 heavy (non-hydrogen) atoms. The van der Waals surface area contributed by atoms with Gasteiger partial charge in [-0.1, -0.05) is 35.3 Å². The number of hydrazine groups is 1. The molecule has 0 aliphatic carbocycles. The van der Waals surface area contributed by atoms with Crippen molar-refractivity contribution >= 4 is 23.7 Å². The van der Waals surface area contributed by atoms with Crippen LogP contribution < -0.4 is 11.3 Å². The van der Waals surface area contributed by atoms with Crippen molar-refractivity contribution in [3.63, 3.8) is 0 Å². The van der Waals surface area contributed by atoms with Crippen molar-refractivity contribution in [1.82, 2.24) is 15.2 Å². The number of nitrogens with zero attached hydrogens (tertiary/aromatic N) is 4. The molecular formula is C14H17N6O2+. The maximum atomic E-state index is 12.5. The van der Waals surface area contributed by atoms with E-state index in [-0.39, 0.29) is 5.91 Å². The molecule has 1 unspecified atom stereocenters. The highest BCUT2D eigenvalue weighted by molar-refractivity contribution is 6.22. The molecule has 3 amide bonds. The number of rotatable bonds is 2. The van der Waals surface area contributed by atoms with E-state index in [1.54, 1.807) is 11.6 Å². The number of hydrogen-bond donors (Lipinski definition) is 2. The number of fused-ring (bicyclic) bond motifs is 1. The second-order valence-electron chi connectivity index (χ2n) is 5.19. The van der Waals surface area contributed by atoms with Crippen molar-refractivity contribution in [2.45, 2.75) is 12.6 Å². The third-order valence-electron chi connectivity index (χ3n) is 3.86. The molecule has 8 heteroatoms. The number of amidine groups is 1. The van der Waals surface area contributed by atoms with E-state index < -0.39 is 12.1 Å². The van der Waals surface area contributed by atoms with Crippen LogP contribution in [0.15, 0.2) is 35.3 Å². The second-order valence-corrected chi connectivity index (χ2v) is 5.19. The predicted molar refractivity (Wildman–Crippen MR) is 79.9 cm³/mol. The van der Waals surface area contributed by atoms with Crippen molar-refractivity contribution in [3.8, 4) is 0 Å². The number of urea groups is 1. The Morgan fingerprint density at radius 3 is 2.55 bits per heavy atom. The Balaban J connectivity index is 2.00. The molecule has 1 fully saturated rings. The molecule has 0 bridgehead atoms. The number of carbonyl (C=O) groups is 2. The molecule has 114 valence electrons. The molecular weight excluding hydrogens is 284 g/mol. The Kier molecular flexibility index (Phi) is 3.38. The van der Waals surface area contributed by atoms with Crippen LogP contribution in [0.5, 0.6) is 0 Å². The Morgan fingerprint density at radius 1 is 1.23 bits per heavy atom. The number of aliphatic imine (C=N–C) groups is 1. The highest BCUT2D eigenvalue weighted by Gasteiger charge is 2.51.